The molecule has 2 atom stereocenters. The molecule has 0 spiro atoms. The summed E-state index contributed by atoms with van der Waals surface area (Å²) in [5.74, 6) is -5.02. The van der Waals surface area contributed by atoms with Gasteiger partial charge in [-0.15, -0.1) is 0 Å². The van der Waals surface area contributed by atoms with Crippen molar-refractivity contribution < 1.29 is 38.4 Å². The third-order valence-corrected chi connectivity index (χ3v) is 10.5. The average molecular weight is 918 g/mol. The third kappa shape index (κ3) is 19.4. The Kier molecular flexibility index (Phi) is 23.2. The molecule has 360 valence electrons. The summed E-state index contributed by atoms with van der Waals surface area (Å²) in [6.07, 6.45) is 4.92. The van der Waals surface area contributed by atoms with Crippen LogP contribution in [-0.2, 0) is 51.2 Å². The maximum Gasteiger partial charge on any atom is 0.245 e. The Hall–Kier alpha value is -7.03. The van der Waals surface area contributed by atoms with Gasteiger partial charge in [-0.1, -0.05) is 61.9 Å². The van der Waals surface area contributed by atoms with E-state index in [2.05, 4.69) is 31.2 Å². The van der Waals surface area contributed by atoms with Gasteiger partial charge >= 0.3 is 0 Å². The predicted molar refractivity (Wildman–Crippen MR) is 250 cm³/mol. The SMILES string of the molecule is CCCCN(CC(=O)NCC(=O)N(CCCCN)CC(=O)N[C@H](Cc1ccccc1)C(=O)N[C@@H](CCCN=C(N)N)C(=O)N(CCc1c[nH]c2ccccc12)CC(=O)NCC(N)=O)C(C)=O. The van der Waals surface area contributed by atoms with Gasteiger partial charge in [0.2, 0.25) is 47.3 Å². The number of rotatable bonds is 30. The molecule has 66 heavy (non-hydrogen) atoms. The van der Waals surface area contributed by atoms with E-state index in [0.717, 1.165) is 22.9 Å². The second-order valence-electron chi connectivity index (χ2n) is 15.8. The van der Waals surface area contributed by atoms with Crippen LogP contribution >= 0.6 is 0 Å². The molecule has 2 aromatic carbocycles. The number of aromatic nitrogens is 1. The molecular weight excluding hydrogens is 851 g/mol. The molecule has 0 aliphatic rings. The molecular formula is C45H67N13O8. The number of nitrogens with zero attached hydrogens (tertiary/aromatic N) is 4. The van der Waals surface area contributed by atoms with Crippen LogP contribution in [0.5, 0.6) is 0 Å². The van der Waals surface area contributed by atoms with Crippen LogP contribution in [-0.4, -0.2) is 150 Å². The molecule has 1 heterocycles. The first-order valence-corrected chi connectivity index (χ1v) is 22.2. The predicted octanol–water partition coefficient (Wildman–Crippen LogP) is -1.26. The molecule has 3 aromatic rings. The van der Waals surface area contributed by atoms with Gasteiger partial charge in [-0.05, 0) is 62.3 Å². The fraction of sp³-hybridized carbons (Fsp3) is 0.489. The summed E-state index contributed by atoms with van der Waals surface area (Å²) in [5, 5.41) is 11.4. The summed E-state index contributed by atoms with van der Waals surface area (Å²) in [4.78, 5) is 117. The van der Waals surface area contributed by atoms with E-state index in [0.29, 0.717) is 44.3 Å². The maximum absolute atomic E-state index is 14.6. The van der Waals surface area contributed by atoms with Gasteiger partial charge in [0.25, 0.3) is 0 Å². The van der Waals surface area contributed by atoms with Gasteiger partial charge in [0, 0.05) is 56.6 Å². The molecule has 0 saturated heterocycles. The molecule has 0 radical (unpaired) electrons. The molecule has 8 amide bonds. The van der Waals surface area contributed by atoms with Gasteiger partial charge in [0.15, 0.2) is 5.96 Å². The number of hydrogen-bond donors (Lipinski definition) is 9. The highest BCUT2D eigenvalue weighted by Gasteiger charge is 2.31. The van der Waals surface area contributed by atoms with Crippen molar-refractivity contribution in [2.24, 2.45) is 27.9 Å². The molecule has 13 N–H and O–H groups in total. The van der Waals surface area contributed by atoms with Crippen molar-refractivity contribution in [1.29, 1.82) is 0 Å². The lowest BCUT2D eigenvalue weighted by molar-refractivity contribution is -0.140. The monoisotopic (exact) mass is 918 g/mol. The standard InChI is InChI=1S/C45H67N13O8/c1-3-4-21-56(31(2)59)28-39(61)53-27-42(64)57(22-11-10-19-46)30-41(63)54-37(24-32-13-6-5-7-14-32)43(65)55-36(17-12-20-50-45(48)49)44(66)58(29-40(62)52-26-38(47)60)23-18-33-25-51-35-16-9-8-15-34(33)35/h5-9,13-16,25,36-37,51H,3-4,10-12,17-24,26-30,46H2,1-2H3,(H2,47,60)(H,52,62)(H,53,61)(H,54,63)(H,55,65)(H4,48,49,50)/t36-,37+/m0/s1. The Morgan fingerprint density at radius 3 is 2.03 bits per heavy atom. The zero-order valence-electron chi connectivity index (χ0n) is 38.0. The number of H-pyrrole nitrogens is 1. The summed E-state index contributed by atoms with van der Waals surface area (Å²) in [6, 6.07) is 14.0. The lowest BCUT2D eigenvalue weighted by atomic mass is 10.0. The van der Waals surface area contributed by atoms with Crippen molar-refractivity contribution in [2.75, 3.05) is 65.4 Å². The van der Waals surface area contributed by atoms with Gasteiger partial charge in [0.05, 0.1) is 32.7 Å². The maximum atomic E-state index is 14.6. The van der Waals surface area contributed by atoms with E-state index in [4.69, 9.17) is 22.9 Å². The molecule has 0 aliphatic carbocycles. The van der Waals surface area contributed by atoms with E-state index >= 15 is 0 Å². The first-order valence-electron chi connectivity index (χ1n) is 22.2. The van der Waals surface area contributed by atoms with Crippen LogP contribution in [0.4, 0.5) is 0 Å². The van der Waals surface area contributed by atoms with E-state index in [1.807, 2.05) is 37.4 Å². The summed E-state index contributed by atoms with van der Waals surface area (Å²) in [5.41, 5.74) is 24.5. The lowest BCUT2D eigenvalue weighted by Crippen LogP contribution is -2.57. The van der Waals surface area contributed by atoms with E-state index < -0.39 is 79.6 Å². The first-order chi connectivity index (χ1) is 31.6. The Bertz CT molecular complexity index is 2110. The van der Waals surface area contributed by atoms with Crippen LogP contribution in [0.2, 0.25) is 0 Å². The van der Waals surface area contributed by atoms with Crippen LogP contribution < -0.4 is 44.2 Å². The highest BCUT2D eigenvalue weighted by molar-refractivity contribution is 5.95. The van der Waals surface area contributed by atoms with Crippen LogP contribution in [0.1, 0.15) is 63.5 Å². The number of fused-ring (bicyclic) bond motifs is 1. The summed E-state index contributed by atoms with van der Waals surface area (Å²) < 4.78 is 0. The number of carbonyl (C=O) groups excluding carboxylic acids is 8. The number of hydrogen-bond acceptors (Lipinski definition) is 10. The molecule has 3 rings (SSSR count). The van der Waals surface area contributed by atoms with Crippen LogP contribution in [0.15, 0.2) is 65.8 Å². The molecule has 1 aromatic heterocycles. The third-order valence-electron chi connectivity index (χ3n) is 10.5. The number of carbonyl (C=O) groups is 8. The normalized spacial score (nSPS) is 11.7. The smallest absolute Gasteiger partial charge is 0.245 e. The minimum atomic E-state index is -1.26. The summed E-state index contributed by atoms with van der Waals surface area (Å²) in [6.45, 7) is 2.27. The zero-order valence-corrected chi connectivity index (χ0v) is 38.0. The number of primary amides is 1. The second kappa shape index (κ2) is 28.7. The van der Waals surface area contributed by atoms with Crippen molar-refractivity contribution in [2.45, 2.75) is 77.3 Å². The van der Waals surface area contributed by atoms with Gasteiger partial charge in [-0.2, -0.15) is 0 Å². The van der Waals surface area contributed by atoms with E-state index in [1.165, 1.54) is 21.6 Å². The number of nitrogens with two attached hydrogens (primary N) is 4. The molecule has 0 saturated carbocycles. The van der Waals surface area contributed by atoms with E-state index in [1.54, 1.807) is 30.3 Å². The van der Waals surface area contributed by atoms with Crippen molar-refractivity contribution >= 4 is 64.1 Å². The zero-order chi connectivity index (χ0) is 48.4. The largest absolute Gasteiger partial charge is 0.370 e. The Balaban J connectivity index is 1.88. The van der Waals surface area contributed by atoms with Crippen molar-refractivity contribution in [3.8, 4) is 0 Å². The quantitative estimate of drug-likeness (QED) is 0.0216. The van der Waals surface area contributed by atoms with Crippen molar-refractivity contribution in [1.82, 2.24) is 41.0 Å². The van der Waals surface area contributed by atoms with Gasteiger partial charge in [-0.25, -0.2) is 0 Å². The van der Waals surface area contributed by atoms with Gasteiger partial charge < -0.3 is 63.9 Å². The Labute approximate surface area is 385 Å². The van der Waals surface area contributed by atoms with Crippen molar-refractivity contribution in [3.63, 3.8) is 0 Å². The molecule has 0 bridgehead atoms. The molecule has 21 nitrogen and oxygen atoms in total. The number of aromatic amines is 1. The fourth-order valence-electron chi connectivity index (χ4n) is 6.95. The van der Waals surface area contributed by atoms with Gasteiger partial charge in [-0.3, -0.25) is 43.3 Å². The second-order valence-corrected chi connectivity index (χ2v) is 15.8. The molecule has 0 aliphatic heterocycles. The number of para-hydroxylation sites is 1. The number of nitrogens with one attached hydrogen (secondary N) is 5. The van der Waals surface area contributed by atoms with E-state index in [9.17, 15) is 38.4 Å². The highest BCUT2D eigenvalue weighted by atomic mass is 16.2. The molecule has 21 heteroatoms. The minimum absolute atomic E-state index is 0.00498. The minimum Gasteiger partial charge on any atom is -0.370 e. The van der Waals surface area contributed by atoms with Crippen molar-refractivity contribution in [3.05, 3.63) is 71.9 Å². The fourth-order valence-corrected chi connectivity index (χ4v) is 6.95. The van der Waals surface area contributed by atoms with Crippen LogP contribution in [0.25, 0.3) is 10.9 Å². The lowest BCUT2D eigenvalue weighted by Gasteiger charge is -2.29. The topological polar surface area (TPSA) is 327 Å². The van der Waals surface area contributed by atoms with E-state index in [-0.39, 0.29) is 57.3 Å². The number of unbranched alkanes of at least 4 members (excludes halogenated alkanes) is 2. The number of benzene rings is 2. The highest BCUT2D eigenvalue weighted by Crippen LogP contribution is 2.19. The number of guanidine groups is 1. The number of aliphatic imine (C=N–C) groups is 1. The van der Waals surface area contributed by atoms with Crippen LogP contribution in [0.3, 0.4) is 0 Å². The Morgan fingerprint density at radius 2 is 1.36 bits per heavy atom. The molecule has 0 unspecified atom stereocenters. The average Bonchev–Trinajstić information content (AvgIpc) is 3.70. The first kappa shape index (κ1) is 53.3. The Morgan fingerprint density at radius 1 is 0.712 bits per heavy atom. The molecule has 0 fully saturated rings. The summed E-state index contributed by atoms with van der Waals surface area (Å²) >= 11 is 0. The van der Waals surface area contributed by atoms with Crippen LogP contribution in [0, 0.1) is 0 Å². The number of amides is 8. The van der Waals surface area contributed by atoms with Gasteiger partial charge in [0.1, 0.15) is 12.1 Å². The summed E-state index contributed by atoms with van der Waals surface area (Å²) in [7, 11) is 0.